The molecule has 0 aromatic rings. The van der Waals surface area contributed by atoms with E-state index in [0.29, 0.717) is 12.8 Å². The molecule has 1 aliphatic carbocycles. The van der Waals surface area contributed by atoms with Crippen LogP contribution in [0.15, 0.2) is 0 Å². The van der Waals surface area contributed by atoms with Crippen LogP contribution in [0.2, 0.25) is 0 Å². The average Bonchev–Trinajstić information content (AvgIpc) is 2.15. The summed E-state index contributed by atoms with van der Waals surface area (Å²) in [5, 5.41) is -0.600. The molecule has 0 saturated heterocycles. The summed E-state index contributed by atoms with van der Waals surface area (Å²) in [5.74, 6) is -0.253. The van der Waals surface area contributed by atoms with Crippen LogP contribution < -0.4 is 0 Å². The number of alkyl halides is 1. The van der Waals surface area contributed by atoms with Gasteiger partial charge in [-0.05, 0) is 38.3 Å². The summed E-state index contributed by atoms with van der Waals surface area (Å²) in [7, 11) is 0. The van der Waals surface area contributed by atoms with Gasteiger partial charge < -0.3 is 0 Å². The Bertz CT molecular complexity index is 247. The van der Waals surface area contributed by atoms with E-state index in [1.807, 2.05) is 0 Å². The highest BCUT2D eigenvalue weighted by Gasteiger charge is 2.54. The number of hydrogen-bond acceptors (Lipinski definition) is 2. The number of rotatable bonds is 1. The van der Waals surface area contributed by atoms with Crippen molar-refractivity contribution in [1.82, 2.24) is 0 Å². The molecule has 0 spiro atoms. The second-order valence-electron chi connectivity index (χ2n) is 3.63. The summed E-state index contributed by atoms with van der Waals surface area (Å²) >= 11 is 11.2. The number of ketones is 1. The monoisotopic (exact) mass is 208 g/mol. The van der Waals surface area contributed by atoms with Crippen molar-refractivity contribution in [2.45, 2.75) is 31.6 Å². The Morgan fingerprint density at radius 3 is 2.08 bits per heavy atom. The Morgan fingerprint density at radius 2 is 1.92 bits per heavy atom. The third-order valence-electron chi connectivity index (χ3n) is 2.50. The maximum absolute atomic E-state index is 11.6. The van der Waals surface area contributed by atoms with E-state index < -0.39 is 15.5 Å². The second kappa shape index (κ2) is 2.71. The molecule has 0 aromatic heterocycles. The molecule has 0 N–H and O–H groups in total. The highest BCUT2D eigenvalue weighted by atomic mass is 35.5. The highest BCUT2D eigenvalue weighted by Crippen LogP contribution is 2.45. The average molecular weight is 209 g/mol. The van der Waals surface area contributed by atoms with Crippen LogP contribution in [0.3, 0.4) is 0 Å². The summed E-state index contributed by atoms with van der Waals surface area (Å²) in [5.41, 5.74) is -1.06. The van der Waals surface area contributed by atoms with Crippen LogP contribution in [0.5, 0.6) is 0 Å². The molecule has 4 heteroatoms. The number of Topliss-reactive ketones (excluding diaryl/α,β-unsaturated/α-hetero) is 1. The van der Waals surface area contributed by atoms with Crippen molar-refractivity contribution < 1.29 is 9.59 Å². The molecule has 0 radical (unpaired) electrons. The lowest BCUT2D eigenvalue weighted by Gasteiger charge is -2.18. The highest BCUT2D eigenvalue weighted by molar-refractivity contribution is 6.67. The first kappa shape index (κ1) is 10.0. The fourth-order valence-electron chi connectivity index (χ4n) is 1.47. The number of carbonyl (C=O) groups is 2. The quantitative estimate of drug-likeness (QED) is 0.376. The molecular weight excluding hydrogens is 199 g/mol. The molecule has 12 heavy (non-hydrogen) atoms. The minimum absolute atomic E-state index is 0.253. The second-order valence-corrected chi connectivity index (χ2v) is 4.81. The Hall–Kier alpha value is -0.0800. The molecule has 1 aliphatic rings. The fourth-order valence-corrected chi connectivity index (χ4v) is 1.96. The van der Waals surface area contributed by atoms with Crippen LogP contribution >= 0.6 is 23.2 Å². The van der Waals surface area contributed by atoms with E-state index in [2.05, 4.69) is 0 Å². The van der Waals surface area contributed by atoms with E-state index in [1.54, 1.807) is 13.8 Å². The Labute approximate surface area is 81.2 Å². The van der Waals surface area contributed by atoms with Gasteiger partial charge in [0, 0.05) is 0 Å². The first-order valence-corrected chi connectivity index (χ1v) is 4.50. The Balaban J connectivity index is 3.01. The van der Waals surface area contributed by atoms with Crippen molar-refractivity contribution >= 4 is 34.2 Å². The van der Waals surface area contributed by atoms with E-state index >= 15 is 0 Å². The van der Waals surface area contributed by atoms with Gasteiger partial charge in [-0.25, -0.2) is 0 Å². The SMILES string of the molecule is C[C@]1(C(=O)Cl)CC[C@](C)(Cl)C1=O. The van der Waals surface area contributed by atoms with E-state index in [9.17, 15) is 9.59 Å². The van der Waals surface area contributed by atoms with Crippen LogP contribution in [0.4, 0.5) is 0 Å². The van der Waals surface area contributed by atoms with Crippen LogP contribution in [0.1, 0.15) is 26.7 Å². The molecule has 0 aliphatic heterocycles. The molecule has 1 saturated carbocycles. The van der Waals surface area contributed by atoms with Gasteiger partial charge in [-0.2, -0.15) is 0 Å². The van der Waals surface area contributed by atoms with Crippen LogP contribution in [0, 0.1) is 5.41 Å². The van der Waals surface area contributed by atoms with Gasteiger partial charge in [0.1, 0.15) is 10.3 Å². The molecule has 2 nitrogen and oxygen atoms in total. The molecule has 1 rings (SSSR count). The van der Waals surface area contributed by atoms with E-state index in [-0.39, 0.29) is 5.78 Å². The van der Waals surface area contributed by atoms with Crippen LogP contribution in [-0.4, -0.2) is 15.9 Å². The summed E-state index contributed by atoms with van der Waals surface area (Å²) in [4.78, 5) is 21.6. The van der Waals surface area contributed by atoms with Gasteiger partial charge >= 0.3 is 0 Å². The lowest BCUT2D eigenvalue weighted by Crippen LogP contribution is -2.36. The minimum atomic E-state index is -1.06. The molecule has 0 unspecified atom stereocenters. The third-order valence-corrected chi connectivity index (χ3v) is 3.28. The number of hydrogen-bond donors (Lipinski definition) is 0. The molecule has 0 aromatic carbocycles. The smallest absolute Gasteiger partial charge is 0.235 e. The predicted octanol–water partition coefficient (Wildman–Crippen LogP) is 2.12. The minimum Gasteiger partial charge on any atom is -0.297 e. The zero-order valence-corrected chi connectivity index (χ0v) is 8.50. The van der Waals surface area contributed by atoms with Gasteiger partial charge in [0.25, 0.3) is 0 Å². The standard InChI is InChI=1S/C8H10Cl2O2/c1-7(6(9)12)3-4-8(2,10)5(7)11/h3-4H2,1-2H3/t7-,8-/m0/s1. The summed E-state index contributed by atoms with van der Waals surface area (Å²) < 4.78 is 0. The molecule has 0 heterocycles. The Morgan fingerprint density at radius 1 is 1.42 bits per heavy atom. The summed E-state index contributed by atoms with van der Waals surface area (Å²) in [6, 6.07) is 0. The van der Waals surface area contributed by atoms with Gasteiger partial charge in [-0.3, -0.25) is 9.59 Å². The lowest BCUT2D eigenvalue weighted by atomic mass is 9.88. The van der Waals surface area contributed by atoms with Gasteiger partial charge in [-0.1, -0.05) is 0 Å². The van der Waals surface area contributed by atoms with Gasteiger partial charge in [-0.15, -0.1) is 11.6 Å². The summed E-state index contributed by atoms with van der Waals surface area (Å²) in [6.45, 7) is 3.18. The van der Waals surface area contributed by atoms with E-state index in [1.165, 1.54) is 0 Å². The van der Waals surface area contributed by atoms with Crippen molar-refractivity contribution in [2.75, 3.05) is 0 Å². The molecule has 68 valence electrons. The van der Waals surface area contributed by atoms with Crippen LogP contribution in [-0.2, 0) is 9.59 Å². The number of carbonyl (C=O) groups excluding carboxylic acids is 2. The molecular formula is C8H10Cl2O2. The van der Waals surface area contributed by atoms with E-state index in [0.717, 1.165) is 0 Å². The van der Waals surface area contributed by atoms with Crippen molar-refractivity contribution in [3.8, 4) is 0 Å². The maximum Gasteiger partial charge on any atom is 0.235 e. The molecule has 0 bridgehead atoms. The van der Waals surface area contributed by atoms with Crippen molar-refractivity contribution in [2.24, 2.45) is 5.41 Å². The topological polar surface area (TPSA) is 34.1 Å². The van der Waals surface area contributed by atoms with E-state index in [4.69, 9.17) is 23.2 Å². The predicted molar refractivity (Wildman–Crippen MR) is 47.5 cm³/mol. The number of halogens is 2. The largest absolute Gasteiger partial charge is 0.297 e. The first-order chi connectivity index (χ1) is 5.31. The normalized spacial score (nSPS) is 41.8. The Kier molecular flexibility index (Phi) is 2.26. The van der Waals surface area contributed by atoms with Crippen molar-refractivity contribution in [3.63, 3.8) is 0 Å². The van der Waals surface area contributed by atoms with Crippen molar-refractivity contribution in [3.05, 3.63) is 0 Å². The first-order valence-electron chi connectivity index (χ1n) is 3.74. The zero-order chi connectivity index (χ0) is 9.57. The fraction of sp³-hybridized carbons (Fsp3) is 0.750. The van der Waals surface area contributed by atoms with Gasteiger partial charge in [0.2, 0.25) is 5.24 Å². The lowest BCUT2D eigenvalue weighted by molar-refractivity contribution is -0.134. The van der Waals surface area contributed by atoms with Crippen molar-refractivity contribution in [1.29, 1.82) is 0 Å². The van der Waals surface area contributed by atoms with Gasteiger partial charge in [0.05, 0.1) is 0 Å². The molecule has 2 atom stereocenters. The van der Waals surface area contributed by atoms with Crippen LogP contribution in [0.25, 0.3) is 0 Å². The van der Waals surface area contributed by atoms with Gasteiger partial charge in [0.15, 0.2) is 5.78 Å². The zero-order valence-electron chi connectivity index (χ0n) is 6.99. The maximum atomic E-state index is 11.6. The third kappa shape index (κ3) is 1.27. The summed E-state index contributed by atoms with van der Waals surface area (Å²) in [6.07, 6.45) is 0.969. The molecule has 0 amide bonds. The molecule has 1 fully saturated rings.